The van der Waals surface area contributed by atoms with Crippen LogP contribution in [0.25, 0.3) is 10.8 Å². The third-order valence-electron chi connectivity index (χ3n) is 4.27. The summed E-state index contributed by atoms with van der Waals surface area (Å²) in [6.07, 6.45) is 3.29. The number of benzene rings is 2. The van der Waals surface area contributed by atoms with E-state index in [-0.39, 0.29) is 18.3 Å². The third-order valence-corrected chi connectivity index (χ3v) is 4.27. The molecule has 2 aromatic heterocycles. The van der Waals surface area contributed by atoms with Gasteiger partial charge in [0.25, 0.3) is 5.91 Å². The number of carbonyl (C=O) groups is 1. The molecule has 0 aliphatic rings. The van der Waals surface area contributed by atoms with E-state index in [1.165, 1.54) is 0 Å². The minimum absolute atomic E-state index is 0.232. The minimum atomic E-state index is -0.317. The molecular formula is C22H18N2O3. The number of carbonyl (C=O) groups excluding carboxylic acids is 1. The molecule has 1 N–H and O–H groups in total. The van der Waals surface area contributed by atoms with Crippen molar-refractivity contribution in [3.8, 4) is 5.75 Å². The molecule has 0 unspecified atom stereocenters. The average Bonchev–Trinajstić information content (AvgIpc) is 3.17. The Morgan fingerprint density at radius 3 is 2.78 bits per heavy atom. The van der Waals surface area contributed by atoms with Crippen molar-refractivity contribution in [3.63, 3.8) is 0 Å². The lowest BCUT2D eigenvalue weighted by Gasteiger charge is -2.06. The number of aryl methyl sites for hydroxylation is 1. The zero-order valence-corrected chi connectivity index (χ0v) is 14.8. The molecule has 0 bridgehead atoms. The highest BCUT2D eigenvalue weighted by atomic mass is 16.5. The largest absolute Gasteiger partial charge is 0.486 e. The summed E-state index contributed by atoms with van der Waals surface area (Å²) in [4.78, 5) is 16.3. The first kappa shape index (κ1) is 16.8. The Morgan fingerprint density at radius 2 is 1.93 bits per heavy atom. The normalized spacial score (nSPS) is 10.7. The summed E-state index contributed by atoms with van der Waals surface area (Å²) in [6.45, 7) is 2.15. The van der Waals surface area contributed by atoms with Gasteiger partial charge in [0.1, 0.15) is 18.1 Å². The van der Waals surface area contributed by atoms with Gasteiger partial charge in [-0.3, -0.25) is 9.78 Å². The van der Waals surface area contributed by atoms with Gasteiger partial charge in [-0.1, -0.05) is 30.3 Å². The van der Waals surface area contributed by atoms with E-state index in [9.17, 15) is 4.79 Å². The van der Waals surface area contributed by atoms with Crippen molar-refractivity contribution in [2.45, 2.75) is 13.5 Å². The summed E-state index contributed by atoms with van der Waals surface area (Å²) in [5, 5.41) is 5.07. The number of rotatable bonds is 5. The second-order valence-corrected chi connectivity index (χ2v) is 6.21. The van der Waals surface area contributed by atoms with Gasteiger partial charge in [0.15, 0.2) is 5.76 Å². The van der Waals surface area contributed by atoms with Crippen LogP contribution in [-0.2, 0) is 6.61 Å². The van der Waals surface area contributed by atoms with Crippen LogP contribution in [0.2, 0.25) is 0 Å². The van der Waals surface area contributed by atoms with Gasteiger partial charge in [-0.15, -0.1) is 0 Å². The van der Waals surface area contributed by atoms with Gasteiger partial charge in [0.2, 0.25) is 0 Å². The number of anilines is 1. The molecule has 5 heteroatoms. The molecule has 4 rings (SSSR count). The maximum atomic E-state index is 12.3. The number of pyridine rings is 1. The van der Waals surface area contributed by atoms with Gasteiger partial charge in [-0.2, -0.15) is 0 Å². The van der Waals surface area contributed by atoms with Crippen LogP contribution in [0.15, 0.2) is 77.5 Å². The Kier molecular flexibility index (Phi) is 4.58. The lowest BCUT2D eigenvalue weighted by Crippen LogP contribution is -2.12. The molecule has 0 radical (unpaired) electrons. The maximum absolute atomic E-state index is 12.3. The van der Waals surface area contributed by atoms with E-state index < -0.39 is 0 Å². The molecule has 4 aromatic rings. The molecule has 0 saturated carbocycles. The van der Waals surface area contributed by atoms with Crippen LogP contribution in [0.1, 0.15) is 21.9 Å². The predicted octanol–water partition coefficient (Wildman–Crippen LogP) is 4.97. The molecule has 0 atom stereocenters. The Bertz CT molecular complexity index is 1100. The highest BCUT2D eigenvalue weighted by Gasteiger charge is 2.13. The zero-order valence-electron chi connectivity index (χ0n) is 14.8. The van der Waals surface area contributed by atoms with Crippen LogP contribution >= 0.6 is 0 Å². The van der Waals surface area contributed by atoms with Crippen molar-refractivity contribution >= 4 is 22.4 Å². The predicted molar refractivity (Wildman–Crippen MR) is 104 cm³/mol. The van der Waals surface area contributed by atoms with Crippen LogP contribution in [0, 0.1) is 6.92 Å². The fourth-order valence-corrected chi connectivity index (χ4v) is 2.77. The van der Waals surface area contributed by atoms with E-state index in [0.717, 1.165) is 22.1 Å². The van der Waals surface area contributed by atoms with Gasteiger partial charge in [-0.05, 0) is 53.6 Å². The summed E-state index contributed by atoms with van der Waals surface area (Å²) in [6, 6.07) is 19.2. The molecule has 0 spiro atoms. The van der Waals surface area contributed by atoms with E-state index in [1.807, 2.05) is 49.4 Å². The van der Waals surface area contributed by atoms with E-state index in [1.54, 1.807) is 24.5 Å². The summed E-state index contributed by atoms with van der Waals surface area (Å²) < 4.78 is 11.4. The Morgan fingerprint density at radius 1 is 1.07 bits per heavy atom. The zero-order chi connectivity index (χ0) is 18.6. The number of ether oxygens (including phenoxy) is 1. The fraction of sp³-hybridized carbons (Fsp3) is 0.0909. The highest BCUT2D eigenvalue weighted by Crippen LogP contribution is 2.22. The van der Waals surface area contributed by atoms with Crippen LogP contribution in [0.5, 0.6) is 5.75 Å². The van der Waals surface area contributed by atoms with Crippen molar-refractivity contribution in [3.05, 3.63) is 90.1 Å². The summed E-state index contributed by atoms with van der Waals surface area (Å²) >= 11 is 0. The van der Waals surface area contributed by atoms with Crippen molar-refractivity contribution in [1.82, 2.24) is 4.98 Å². The second-order valence-electron chi connectivity index (χ2n) is 6.21. The Labute approximate surface area is 156 Å². The smallest absolute Gasteiger partial charge is 0.291 e. The number of aromatic nitrogens is 1. The average molecular weight is 358 g/mol. The van der Waals surface area contributed by atoms with Crippen LogP contribution in [0.4, 0.5) is 5.69 Å². The first-order valence-electron chi connectivity index (χ1n) is 8.61. The summed E-state index contributed by atoms with van der Waals surface area (Å²) in [5.74, 6) is 1.25. The van der Waals surface area contributed by atoms with E-state index in [4.69, 9.17) is 9.15 Å². The van der Waals surface area contributed by atoms with Gasteiger partial charge >= 0.3 is 0 Å². The molecule has 27 heavy (non-hydrogen) atoms. The standard InChI is InChI=1S/C22H18N2O3/c1-15-10-11-23-13-20(15)24-22(25)21-9-8-19(27-21)14-26-18-7-6-16-4-2-3-5-17(16)12-18/h2-13H,14H2,1H3,(H,24,25). The van der Waals surface area contributed by atoms with Crippen molar-refractivity contribution in [1.29, 1.82) is 0 Å². The molecule has 2 heterocycles. The topological polar surface area (TPSA) is 64.4 Å². The van der Waals surface area contributed by atoms with Crippen LogP contribution in [-0.4, -0.2) is 10.9 Å². The number of fused-ring (bicyclic) bond motifs is 1. The Balaban J connectivity index is 1.41. The molecule has 5 nitrogen and oxygen atoms in total. The maximum Gasteiger partial charge on any atom is 0.291 e. The van der Waals surface area contributed by atoms with Crippen LogP contribution < -0.4 is 10.1 Å². The lowest BCUT2D eigenvalue weighted by molar-refractivity contribution is 0.0992. The monoisotopic (exact) mass is 358 g/mol. The summed E-state index contributed by atoms with van der Waals surface area (Å²) in [5.41, 5.74) is 1.60. The second kappa shape index (κ2) is 7.33. The number of nitrogens with zero attached hydrogens (tertiary/aromatic N) is 1. The first-order valence-corrected chi connectivity index (χ1v) is 8.61. The number of furan rings is 1. The number of amides is 1. The quantitative estimate of drug-likeness (QED) is 0.547. The number of hydrogen-bond donors (Lipinski definition) is 1. The molecule has 2 aromatic carbocycles. The van der Waals surface area contributed by atoms with Crippen molar-refractivity contribution < 1.29 is 13.9 Å². The molecular weight excluding hydrogens is 340 g/mol. The highest BCUT2D eigenvalue weighted by molar-refractivity contribution is 6.02. The molecule has 134 valence electrons. The van der Waals surface area contributed by atoms with Gasteiger partial charge < -0.3 is 14.5 Å². The van der Waals surface area contributed by atoms with E-state index in [0.29, 0.717) is 11.4 Å². The number of nitrogens with one attached hydrogen (secondary N) is 1. The van der Waals surface area contributed by atoms with Gasteiger partial charge in [0, 0.05) is 6.20 Å². The van der Waals surface area contributed by atoms with Crippen molar-refractivity contribution in [2.24, 2.45) is 0 Å². The van der Waals surface area contributed by atoms with Gasteiger partial charge in [-0.25, -0.2) is 0 Å². The molecule has 0 aliphatic carbocycles. The summed E-state index contributed by atoms with van der Waals surface area (Å²) in [7, 11) is 0. The Hall–Kier alpha value is -3.60. The minimum Gasteiger partial charge on any atom is -0.486 e. The van der Waals surface area contributed by atoms with Gasteiger partial charge in [0.05, 0.1) is 11.9 Å². The number of hydrogen-bond acceptors (Lipinski definition) is 4. The molecule has 0 saturated heterocycles. The lowest BCUT2D eigenvalue weighted by atomic mass is 10.1. The van der Waals surface area contributed by atoms with E-state index in [2.05, 4.69) is 16.4 Å². The SMILES string of the molecule is Cc1ccncc1NC(=O)c1ccc(COc2ccc3ccccc3c2)o1. The molecule has 1 amide bonds. The molecule has 0 aliphatic heterocycles. The third kappa shape index (κ3) is 3.82. The molecule has 0 fully saturated rings. The van der Waals surface area contributed by atoms with Crippen LogP contribution in [0.3, 0.4) is 0 Å². The van der Waals surface area contributed by atoms with Crippen molar-refractivity contribution in [2.75, 3.05) is 5.32 Å². The fourth-order valence-electron chi connectivity index (χ4n) is 2.77. The van der Waals surface area contributed by atoms with E-state index >= 15 is 0 Å². The first-order chi connectivity index (χ1) is 13.2.